The third-order valence-electron chi connectivity index (χ3n) is 2.60. The molecule has 0 bridgehead atoms. The molecule has 1 unspecified atom stereocenters. The van der Waals surface area contributed by atoms with Crippen LogP contribution in [0.1, 0.15) is 44.1 Å². The first kappa shape index (κ1) is 13.4. The van der Waals surface area contributed by atoms with Crippen molar-refractivity contribution in [3.63, 3.8) is 0 Å². The van der Waals surface area contributed by atoms with Crippen molar-refractivity contribution in [1.29, 1.82) is 0 Å². The summed E-state index contributed by atoms with van der Waals surface area (Å²) in [5.74, 6) is -0.0550. The Hall–Kier alpha value is -0.680. The Morgan fingerprint density at radius 2 is 2.25 bits per heavy atom. The summed E-state index contributed by atoms with van der Waals surface area (Å²) >= 11 is 3.34. The number of aromatic nitrogens is 2. The maximum absolute atomic E-state index is 12.3. The van der Waals surface area contributed by atoms with E-state index in [0.29, 0.717) is 23.1 Å². The summed E-state index contributed by atoms with van der Waals surface area (Å²) in [6, 6.07) is 0. The van der Waals surface area contributed by atoms with Crippen molar-refractivity contribution in [2.45, 2.75) is 45.7 Å². The zero-order chi connectivity index (χ0) is 12.3. The molecule has 0 aliphatic heterocycles. The van der Waals surface area contributed by atoms with Crippen LogP contribution in [0.2, 0.25) is 0 Å². The summed E-state index contributed by atoms with van der Waals surface area (Å²) < 4.78 is 2.39. The second-order valence-corrected chi connectivity index (χ2v) is 5.01. The summed E-state index contributed by atoms with van der Waals surface area (Å²) in [6.07, 6.45) is 3.20. The Labute approximate surface area is 104 Å². The van der Waals surface area contributed by atoms with Crippen LogP contribution in [-0.2, 0) is 6.54 Å². The van der Waals surface area contributed by atoms with Crippen LogP contribution in [-0.4, -0.2) is 21.1 Å². The molecule has 0 saturated heterocycles. The van der Waals surface area contributed by atoms with Gasteiger partial charge in [-0.2, -0.15) is 5.10 Å². The van der Waals surface area contributed by atoms with Crippen LogP contribution < -0.4 is 5.73 Å². The molecule has 90 valence electrons. The Bertz CT molecular complexity index is 385. The van der Waals surface area contributed by atoms with Crippen LogP contribution in [0.5, 0.6) is 0 Å². The maximum Gasteiger partial charge on any atom is 0.201 e. The van der Waals surface area contributed by atoms with Gasteiger partial charge in [-0.05, 0) is 36.2 Å². The molecule has 0 saturated carbocycles. The Morgan fingerprint density at radius 3 is 2.75 bits per heavy atom. The van der Waals surface area contributed by atoms with Gasteiger partial charge in [0, 0.05) is 6.54 Å². The zero-order valence-electron chi connectivity index (χ0n) is 9.96. The van der Waals surface area contributed by atoms with E-state index in [1.807, 2.05) is 13.8 Å². The molecule has 1 atom stereocenters. The number of nitrogens with zero attached hydrogens (tertiary/aromatic N) is 2. The third-order valence-corrected chi connectivity index (χ3v) is 3.18. The fourth-order valence-electron chi connectivity index (χ4n) is 1.73. The molecule has 16 heavy (non-hydrogen) atoms. The Kier molecular flexibility index (Phi) is 4.27. The molecular weight excluding hydrogens is 270 g/mol. The fraction of sp³-hybridized carbons (Fsp3) is 0.636. The monoisotopic (exact) mass is 287 g/mol. The molecule has 0 aliphatic carbocycles. The second kappa shape index (κ2) is 5.10. The minimum absolute atomic E-state index is 0.0550. The number of carbonyl (C=O) groups excluding carboxylic acids is 1. The smallest absolute Gasteiger partial charge is 0.201 e. The van der Waals surface area contributed by atoms with E-state index in [1.165, 1.54) is 0 Å². The number of ketones is 1. The summed E-state index contributed by atoms with van der Waals surface area (Å²) in [5.41, 5.74) is 5.80. The van der Waals surface area contributed by atoms with Crippen molar-refractivity contribution in [1.82, 2.24) is 9.78 Å². The number of Topliss-reactive ketones (excluding diaryl/α,β-unsaturated/α-hetero) is 1. The molecule has 5 heteroatoms. The summed E-state index contributed by atoms with van der Waals surface area (Å²) in [5, 5.41) is 4.12. The molecular formula is C11H18BrN3O. The molecule has 0 aromatic carbocycles. The molecule has 0 amide bonds. The molecule has 0 spiro atoms. The largest absolute Gasteiger partial charge is 0.319 e. The van der Waals surface area contributed by atoms with Gasteiger partial charge in [0.15, 0.2) is 0 Å². The second-order valence-electron chi connectivity index (χ2n) is 4.15. The van der Waals surface area contributed by atoms with Crippen molar-refractivity contribution < 1.29 is 4.79 Å². The number of nitrogens with two attached hydrogens (primary N) is 1. The number of aryl methyl sites for hydroxylation is 1. The molecule has 1 heterocycles. The number of hydrogen-bond donors (Lipinski definition) is 1. The first-order valence-corrected chi connectivity index (χ1v) is 6.28. The first-order chi connectivity index (χ1) is 7.44. The van der Waals surface area contributed by atoms with Gasteiger partial charge in [-0.15, -0.1) is 0 Å². The minimum atomic E-state index is -0.815. The lowest BCUT2D eigenvalue weighted by atomic mass is 9.90. The van der Waals surface area contributed by atoms with Gasteiger partial charge in [-0.25, -0.2) is 0 Å². The highest BCUT2D eigenvalue weighted by molar-refractivity contribution is 9.10. The van der Waals surface area contributed by atoms with Gasteiger partial charge in [0.2, 0.25) is 5.78 Å². The van der Waals surface area contributed by atoms with Gasteiger partial charge in [0.1, 0.15) is 5.69 Å². The van der Waals surface area contributed by atoms with Crippen LogP contribution >= 0.6 is 15.9 Å². The number of hydrogen-bond acceptors (Lipinski definition) is 3. The van der Waals surface area contributed by atoms with Gasteiger partial charge >= 0.3 is 0 Å². The maximum atomic E-state index is 12.3. The molecule has 0 radical (unpaired) electrons. The van der Waals surface area contributed by atoms with Crippen molar-refractivity contribution in [2.75, 3.05) is 0 Å². The van der Waals surface area contributed by atoms with Gasteiger partial charge < -0.3 is 5.73 Å². The van der Waals surface area contributed by atoms with Gasteiger partial charge in [-0.3, -0.25) is 9.48 Å². The van der Waals surface area contributed by atoms with Gasteiger partial charge in [0.05, 0.1) is 16.2 Å². The lowest BCUT2D eigenvalue weighted by molar-refractivity contribution is 0.0881. The molecule has 1 aromatic rings. The quantitative estimate of drug-likeness (QED) is 0.846. The zero-order valence-corrected chi connectivity index (χ0v) is 11.5. The Morgan fingerprint density at radius 1 is 1.62 bits per heavy atom. The van der Waals surface area contributed by atoms with Crippen LogP contribution in [0.15, 0.2) is 10.7 Å². The Balaban J connectivity index is 3.08. The van der Waals surface area contributed by atoms with E-state index in [4.69, 9.17) is 5.73 Å². The molecule has 1 rings (SSSR count). The normalized spacial score (nSPS) is 14.8. The summed E-state index contributed by atoms with van der Waals surface area (Å²) in [6.45, 7) is 6.40. The van der Waals surface area contributed by atoms with Crippen LogP contribution in [0.3, 0.4) is 0 Å². The number of halogens is 1. The highest BCUT2D eigenvalue weighted by Gasteiger charge is 2.32. The lowest BCUT2D eigenvalue weighted by Crippen LogP contribution is -2.45. The van der Waals surface area contributed by atoms with Crippen LogP contribution in [0, 0.1) is 0 Å². The van der Waals surface area contributed by atoms with E-state index in [2.05, 4.69) is 21.0 Å². The average Bonchev–Trinajstić information content (AvgIpc) is 2.58. The predicted octanol–water partition coefficient (Wildman–Crippen LogP) is 2.37. The van der Waals surface area contributed by atoms with Crippen LogP contribution in [0.25, 0.3) is 0 Å². The summed E-state index contributed by atoms with van der Waals surface area (Å²) in [4.78, 5) is 12.3. The summed E-state index contributed by atoms with van der Waals surface area (Å²) in [7, 11) is 0. The van der Waals surface area contributed by atoms with Crippen molar-refractivity contribution in [3.8, 4) is 0 Å². The molecule has 0 fully saturated rings. The molecule has 4 nitrogen and oxygen atoms in total. The molecule has 2 N–H and O–H groups in total. The van der Waals surface area contributed by atoms with Crippen LogP contribution in [0.4, 0.5) is 0 Å². The fourth-order valence-corrected chi connectivity index (χ4v) is 2.21. The van der Waals surface area contributed by atoms with E-state index < -0.39 is 5.54 Å². The van der Waals surface area contributed by atoms with E-state index in [1.54, 1.807) is 17.8 Å². The topological polar surface area (TPSA) is 60.9 Å². The first-order valence-electron chi connectivity index (χ1n) is 5.49. The van der Waals surface area contributed by atoms with E-state index in [9.17, 15) is 4.79 Å². The lowest BCUT2D eigenvalue weighted by Gasteiger charge is -2.22. The standard InChI is InChI=1S/C11H18BrN3O/c1-4-6-11(3,13)10(16)9-8(12)7-14-15(9)5-2/h7H,4-6,13H2,1-3H3. The highest BCUT2D eigenvalue weighted by atomic mass is 79.9. The van der Waals surface area contributed by atoms with Crippen molar-refractivity contribution in [3.05, 3.63) is 16.4 Å². The molecule has 1 aromatic heterocycles. The number of carbonyl (C=O) groups is 1. The van der Waals surface area contributed by atoms with Crippen molar-refractivity contribution in [2.24, 2.45) is 5.73 Å². The van der Waals surface area contributed by atoms with Gasteiger partial charge in [0.25, 0.3) is 0 Å². The average molecular weight is 288 g/mol. The van der Waals surface area contributed by atoms with E-state index in [-0.39, 0.29) is 5.78 Å². The predicted molar refractivity (Wildman–Crippen MR) is 67.4 cm³/mol. The third kappa shape index (κ3) is 2.52. The minimum Gasteiger partial charge on any atom is -0.319 e. The SMILES string of the molecule is CCCC(C)(N)C(=O)c1c(Br)cnn1CC. The number of rotatable bonds is 5. The van der Waals surface area contributed by atoms with Gasteiger partial charge in [-0.1, -0.05) is 13.3 Å². The highest BCUT2D eigenvalue weighted by Crippen LogP contribution is 2.23. The van der Waals surface area contributed by atoms with E-state index in [0.717, 1.165) is 6.42 Å². The van der Waals surface area contributed by atoms with E-state index >= 15 is 0 Å². The van der Waals surface area contributed by atoms with Crippen molar-refractivity contribution >= 4 is 21.7 Å². The molecule has 0 aliphatic rings.